The molecule has 1 aliphatic heterocycles. The number of aryl methyl sites for hydroxylation is 1. The van der Waals surface area contributed by atoms with Crippen LogP contribution in [-0.4, -0.2) is 43.7 Å². The molecular formula is C27H33Br2NO3. The number of ether oxygens (including phenoxy) is 2. The van der Waals surface area contributed by atoms with Crippen molar-refractivity contribution < 1.29 is 14.3 Å². The van der Waals surface area contributed by atoms with Gasteiger partial charge in [0.1, 0.15) is 11.9 Å². The number of halogens is 2. The molecule has 33 heavy (non-hydrogen) atoms. The fraction of sp³-hybridized carbons (Fsp3) is 0.444. The molecule has 0 saturated carbocycles. The van der Waals surface area contributed by atoms with Crippen molar-refractivity contribution in [2.75, 3.05) is 26.7 Å². The number of likely N-dealkylation sites (tertiary alicyclic amines) is 1. The fourth-order valence-electron chi connectivity index (χ4n) is 4.68. The normalized spacial score (nSPS) is 18.3. The number of rotatable bonds is 7. The van der Waals surface area contributed by atoms with Gasteiger partial charge in [-0.2, -0.15) is 0 Å². The Morgan fingerprint density at radius 2 is 1.94 bits per heavy atom. The van der Waals surface area contributed by atoms with Gasteiger partial charge in [-0.3, -0.25) is 4.90 Å². The second-order valence-corrected chi connectivity index (χ2v) is 9.66. The smallest absolute Gasteiger partial charge is 0.337 e. The van der Waals surface area contributed by atoms with Crippen LogP contribution < -0.4 is 4.74 Å². The summed E-state index contributed by atoms with van der Waals surface area (Å²) in [6, 6.07) is 14.4. The molecule has 1 fully saturated rings. The Labute approximate surface area is 216 Å². The first-order valence-corrected chi connectivity index (χ1v) is 12.5. The van der Waals surface area contributed by atoms with Crippen LogP contribution in [0.3, 0.4) is 0 Å². The predicted molar refractivity (Wildman–Crippen MR) is 143 cm³/mol. The third-order valence-corrected chi connectivity index (χ3v) is 7.21. The molecule has 178 valence electrons. The highest BCUT2D eigenvalue weighted by Gasteiger charge is 2.24. The van der Waals surface area contributed by atoms with Crippen molar-refractivity contribution in [1.29, 1.82) is 0 Å². The molecule has 2 aromatic rings. The van der Waals surface area contributed by atoms with Gasteiger partial charge in [0.2, 0.25) is 0 Å². The van der Waals surface area contributed by atoms with E-state index in [0.29, 0.717) is 5.56 Å². The topological polar surface area (TPSA) is 38.8 Å². The number of carbonyl (C=O) groups excluding carboxylic acids is 1. The number of allylic oxidation sites excluding steroid dienone is 1. The van der Waals surface area contributed by atoms with Crippen LogP contribution in [-0.2, 0) is 11.2 Å². The van der Waals surface area contributed by atoms with E-state index in [9.17, 15) is 4.79 Å². The molecule has 1 aliphatic carbocycles. The molecule has 0 amide bonds. The minimum Gasteiger partial charge on any atom is -0.489 e. The van der Waals surface area contributed by atoms with Crippen LogP contribution in [0.1, 0.15) is 66.1 Å². The number of nitrogens with zero attached hydrogens (tertiary/aromatic N) is 1. The van der Waals surface area contributed by atoms with Crippen LogP contribution in [0.4, 0.5) is 0 Å². The Morgan fingerprint density at radius 1 is 1.15 bits per heavy atom. The van der Waals surface area contributed by atoms with E-state index in [1.807, 2.05) is 12.1 Å². The summed E-state index contributed by atoms with van der Waals surface area (Å²) in [6.07, 6.45) is 6.83. The number of esters is 1. The Balaban J connectivity index is 0.00000306. The molecule has 4 nitrogen and oxygen atoms in total. The summed E-state index contributed by atoms with van der Waals surface area (Å²) in [5.41, 5.74) is 5.34. The molecule has 0 unspecified atom stereocenters. The van der Waals surface area contributed by atoms with Crippen molar-refractivity contribution in [2.45, 2.75) is 51.6 Å². The second-order valence-electron chi connectivity index (χ2n) is 8.70. The van der Waals surface area contributed by atoms with E-state index in [4.69, 9.17) is 9.47 Å². The van der Waals surface area contributed by atoms with Gasteiger partial charge in [-0.05, 0) is 85.2 Å². The highest BCUT2D eigenvalue weighted by Crippen LogP contribution is 2.38. The van der Waals surface area contributed by atoms with E-state index in [1.54, 1.807) is 0 Å². The van der Waals surface area contributed by atoms with Crippen molar-refractivity contribution in [3.8, 4) is 5.75 Å². The molecule has 4 rings (SSSR count). The van der Waals surface area contributed by atoms with E-state index in [2.05, 4.69) is 58.1 Å². The molecule has 2 aliphatic rings. The quantitative estimate of drug-likeness (QED) is 0.339. The molecule has 0 spiro atoms. The zero-order valence-electron chi connectivity index (χ0n) is 19.4. The summed E-state index contributed by atoms with van der Waals surface area (Å²) < 4.78 is 12.4. The summed E-state index contributed by atoms with van der Waals surface area (Å²) in [4.78, 5) is 14.5. The minimum atomic E-state index is -0.289. The Bertz CT molecular complexity index is 987. The molecule has 2 aromatic carbocycles. The number of carbonyl (C=O) groups is 1. The zero-order chi connectivity index (χ0) is 22.5. The van der Waals surface area contributed by atoms with Crippen LogP contribution in [0, 0.1) is 0 Å². The molecule has 0 radical (unpaired) electrons. The van der Waals surface area contributed by atoms with E-state index in [1.165, 1.54) is 47.7 Å². The van der Waals surface area contributed by atoms with Crippen molar-refractivity contribution in [3.05, 3.63) is 69.2 Å². The molecule has 0 aromatic heterocycles. The van der Waals surface area contributed by atoms with Gasteiger partial charge in [0, 0.05) is 17.6 Å². The molecule has 1 saturated heterocycles. The maximum absolute atomic E-state index is 12.0. The van der Waals surface area contributed by atoms with Crippen LogP contribution >= 0.6 is 32.9 Å². The van der Waals surface area contributed by atoms with Gasteiger partial charge in [0.15, 0.2) is 0 Å². The maximum Gasteiger partial charge on any atom is 0.337 e. The van der Waals surface area contributed by atoms with Gasteiger partial charge in [-0.15, -0.1) is 17.0 Å². The van der Waals surface area contributed by atoms with Gasteiger partial charge < -0.3 is 9.47 Å². The number of fused-ring (bicyclic) bond motifs is 1. The fourth-order valence-corrected chi connectivity index (χ4v) is 5.40. The van der Waals surface area contributed by atoms with E-state index >= 15 is 0 Å². The first kappa shape index (κ1) is 26.0. The van der Waals surface area contributed by atoms with Gasteiger partial charge in [-0.1, -0.05) is 47.5 Å². The lowest BCUT2D eigenvalue weighted by molar-refractivity contribution is 0.0600. The molecule has 0 N–H and O–H groups in total. The monoisotopic (exact) mass is 577 g/mol. The second kappa shape index (κ2) is 12.2. The summed E-state index contributed by atoms with van der Waals surface area (Å²) in [5.74, 6) is 0.644. The number of methoxy groups -OCH3 is 1. The number of hydrogen-bond donors (Lipinski definition) is 0. The average molecular weight is 579 g/mol. The average Bonchev–Trinajstić information content (AvgIpc) is 3.19. The Hall–Kier alpha value is -1.63. The zero-order valence-corrected chi connectivity index (χ0v) is 22.7. The van der Waals surface area contributed by atoms with E-state index < -0.39 is 0 Å². The van der Waals surface area contributed by atoms with E-state index in [0.717, 1.165) is 50.1 Å². The van der Waals surface area contributed by atoms with E-state index in [-0.39, 0.29) is 29.1 Å². The lowest BCUT2D eigenvalue weighted by Crippen LogP contribution is -2.25. The van der Waals surface area contributed by atoms with Crippen LogP contribution in [0.5, 0.6) is 5.75 Å². The number of benzene rings is 2. The largest absolute Gasteiger partial charge is 0.489 e. The molecular weight excluding hydrogens is 546 g/mol. The molecule has 1 heterocycles. The summed E-state index contributed by atoms with van der Waals surface area (Å²) in [6.45, 7) is 5.57. The molecule has 1 atom stereocenters. The summed E-state index contributed by atoms with van der Waals surface area (Å²) in [7, 11) is 1.42. The van der Waals surface area contributed by atoms with Gasteiger partial charge >= 0.3 is 5.97 Å². The van der Waals surface area contributed by atoms with Crippen LogP contribution in [0.15, 0.2) is 46.9 Å². The third kappa shape index (κ3) is 6.28. The SMILES string of the molecule is Br.CCCCN1CC[C@H](Oc2ccc(C3=C(Br)CCCc4cc(C(=O)OC)ccc43)cc2)C1. The number of hydrogen-bond acceptors (Lipinski definition) is 4. The molecule has 6 heteroatoms. The minimum absolute atomic E-state index is 0. The maximum atomic E-state index is 12.0. The summed E-state index contributed by atoms with van der Waals surface area (Å²) in [5, 5.41) is 0. The highest BCUT2D eigenvalue weighted by molar-refractivity contribution is 9.11. The highest BCUT2D eigenvalue weighted by atomic mass is 79.9. The van der Waals surface area contributed by atoms with Crippen molar-refractivity contribution in [2.24, 2.45) is 0 Å². The van der Waals surface area contributed by atoms with Crippen molar-refractivity contribution in [3.63, 3.8) is 0 Å². The van der Waals surface area contributed by atoms with Gasteiger partial charge in [0.25, 0.3) is 0 Å². The van der Waals surface area contributed by atoms with Gasteiger partial charge in [-0.25, -0.2) is 4.79 Å². The van der Waals surface area contributed by atoms with Gasteiger partial charge in [0.05, 0.1) is 12.7 Å². The summed E-state index contributed by atoms with van der Waals surface area (Å²) >= 11 is 3.84. The Kier molecular flexibility index (Phi) is 9.59. The lowest BCUT2D eigenvalue weighted by Gasteiger charge is -2.17. The van der Waals surface area contributed by atoms with Crippen LogP contribution in [0.2, 0.25) is 0 Å². The van der Waals surface area contributed by atoms with Crippen molar-refractivity contribution in [1.82, 2.24) is 4.90 Å². The molecule has 0 bridgehead atoms. The third-order valence-electron chi connectivity index (χ3n) is 6.41. The number of unbranched alkanes of at least 4 members (excludes halogenated alkanes) is 1. The Morgan fingerprint density at radius 3 is 2.67 bits per heavy atom. The van der Waals surface area contributed by atoms with Crippen molar-refractivity contribution >= 4 is 44.5 Å². The lowest BCUT2D eigenvalue weighted by atomic mass is 9.92. The standard InChI is InChI=1S/C27H32BrNO3.BrH/c1-3-4-15-29-16-14-23(18-29)32-22-11-8-19(9-12-22)26-24-13-10-21(27(30)31-2)17-20(24)6-5-7-25(26)28;/h8-13,17,23H,3-7,14-16,18H2,1-2H3;1H/t23-;/m0./s1. The first-order chi connectivity index (χ1) is 15.6. The predicted octanol–water partition coefficient (Wildman–Crippen LogP) is 6.79. The first-order valence-electron chi connectivity index (χ1n) is 11.7. The van der Waals surface area contributed by atoms with Crippen LogP contribution in [0.25, 0.3) is 5.57 Å².